The number of nitrogens with one attached hydrogen (secondary N) is 1. The highest BCUT2D eigenvalue weighted by atomic mass is 16.5. The van der Waals surface area contributed by atoms with E-state index in [9.17, 15) is 0 Å². The molecule has 0 amide bonds. The molecule has 0 bridgehead atoms. The van der Waals surface area contributed by atoms with Gasteiger partial charge < -0.3 is 9.96 Å². The summed E-state index contributed by atoms with van der Waals surface area (Å²) in [7, 11) is 1.97. The lowest BCUT2D eigenvalue weighted by molar-refractivity contribution is 0.162. The first-order valence-corrected chi connectivity index (χ1v) is 4.07. The molecule has 0 aliphatic rings. The molecular weight excluding hydrogens is 137 g/mol. The second-order valence-corrected chi connectivity index (χ2v) is 2.42. The van der Waals surface area contributed by atoms with Crippen LogP contribution in [-0.2, 0) is 4.74 Å². The van der Waals surface area contributed by atoms with Crippen LogP contribution in [0.3, 0.4) is 0 Å². The van der Waals surface area contributed by atoms with Crippen molar-refractivity contribution in [1.29, 1.82) is 0 Å². The Bertz CT molecular complexity index is 111. The van der Waals surface area contributed by atoms with E-state index in [4.69, 9.17) is 11.2 Å². The molecule has 0 aliphatic heterocycles. The second kappa shape index (κ2) is 9.54. The summed E-state index contributed by atoms with van der Waals surface area (Å²) in [6.45, 7) is 2.34. The third-order valence-corrected chi connectivity index (χ3v) is 1.40. The molecule has 0 atom stereocenters. The highest BCUT2D eigenvalue weighted by Gasteiger charge is 1.87. The average Bonchev–Trinajstić information content (AvgIpc) is 2.03. The van der Waals surface area contributed by atoms with Crippen LogP contribution in [0, 0.1) is 12.3 Å². The van der Waals surface area contributed by atoms with Crippen molar-refractivity contribution in [3.8, 4) is 12.3 Å². The van der Waals surface area contributed by atoms with Gasteiger partial charge in [0.2, 0.25) is 0 Å². The highest BCUT2D eigenvalue weighted by molar-refractivity contribution is 6.04. The minimum Gasteiger partial charge on any atom is -0.369 e. The lowest BCUT2D eigenvalue weighted by atomic mass is 10.2. The molecule has 11 heavy (non-hydrogen) atoms. The Morgan fingerprint density at radius 3 is 2.82 bits per heavy atom. The predicted molar refractivity (Wildman–Crippen MR) is 50.0 cm³/mol. The standard InChI is InChI=1S/C8H16BNO/c1-2-7-11-8-5-3-4-6-10-9/h1,10H,3-9H2. The van der Waals surface area contributed by atoms with Gasteiger partial charge >= 0.3 is 0 Å². The number of hydrogen-bond acceptors (Lipinski definition) is 2. The van der Waals surface area contributed by atoms with Gasteiger partial charge in [-0.2, -0.15) is 0 Å². The maximum atomic E-state index is 5.11. The van der Waals surface area contributed by atoms with Crippen LogP contribution < -0.4 is 5.23 Å². The topological polar surface area (TPSA) is 21.3 Å². The number of ether oxygens (including phenoxy) is 1. The van der Waals surface area contributed by atoms with Crippen LogP contribution in [0.4, 0.5) is 0 Å². The summed E-state index contributed by atoms with van der Waals surface area (Å²) in [5.41, 5.74) is 0. The number of unbranched alkanes of at least 4 members (excludes halogenated alkanes) is 2. The van der Waals surface area contributed by atoms with Crippen LogP contribution in [0.1, 0.15) is 19.3 Å². The maximum absolute atomic E-state index is 5.11. The largest absolute Gasteiger partial charge is 0.369 e. The Balaban J connectivity index is 2.75. The molecular formula is C8H16BNO. The second-order valence-electron chi connectivity index (χ2n) is 2.42. The van der Waals surface area contributed by atoms with E-state index in [-0.39, 0.29) is 0 Å². The molecule has 0 aliphatic carbocycles. The van der Waals surface area contributed by atoms with Gasteiger partial charge in [0.15, 0.2) is 7.98 Å². The third kappa shape index (κ3) is 9.54. The molecule has 0 radical (unpaired) electrons. The maximum Gasteiger partial charge on any atom is 0.181 e. The molecule has 0 saturated heterocycles. The van der Waals surface area contributed by atoms with Crippen LogP contribution in [0.25, 0.3) is 0 Å². The van der Waals surface area contributed by atoms with Gasteiger partial charge in [-0.3, -0.25) is 0 Å². The molecule has 0 heterocycles. The lowest BCUT2D eigenvalue weighted by Gasteiger charge is -2.00. The van der Waals surface area contributed by atoms with Gasteiger partial charge in [-0.1, -0.05) is 5.92 Å². The summed E-state index contributed by atoms with van der Waals surface area (Å²) >= 11 is 0. The van der Waals surface area contributed by atoms with E-state index in [0.29, 0.717) is 6.61 Å². The van der Waals surface area contributed by atoms with Crippen molar-refractivity contribution in [3.05, 3.63) is 0 Å². The SMILES string of the molecule is BNCCCCCOCC#C. The highest BCUT2D eigenvalue weighted by Crippen LogP contribution is 1.93. The summed E-state index contributed by atoms with van der Waals surface area (Å²) in [4.78, 5) is 0. The number of terminal acetylenes is 1. The van der Waals surface area contributed by atoms with E-state index in [1.165, 1.54) is 12.8 Å². The molecule has 0 fully saturated rings. The van der Waals surface area contributed by atoms with Gasteiger partial charge in [-0.05, 0) is 25.8 Å². The number of hydrogen-bond donors (Lipinski definition) is 1. The van der Waals surface area contributed by atoms with Crippen LogP contribution >= 0.6 is 0 Å². The minimum absolute atomic E-state index is 0.450. The Hall–Kier alpha value is -0.455. The fourth-order valence-corrected chi connectivity index (χ4v) is 0.814. The van der Waals surface area contributed by atoms with E-state index in [0.717, 1.165) is 19.6 Å². The molecule has 3 heteroatoms. The summed E-state index contributed by atoms with van der Waals surface area (Å²) in [6, 6.07) is 0. The Morgan fingerprint density at radius 2 is 2.18 bits per heavy atom. The van der Waals surface area contributed by atoms with Crippen LogP contribution in [0.15, 0.2) is 0 Å². The molecule has 0 aromatic heterocycles. The van der Waals surface area contributed by atoms with E-state index < -0.39 is 0 Å². The molecule has 0 saturated carbocycles. The van der Waals surface area contributed by atoms with Crippen molar-refractivity contribution < 1.29 is 4.74 Å². The van der Waals surface area contributed by atoms with Gasteiger partial charge in [0, 0.05) is 6.61 Å². The van der Waals surface area contributed by atoms with Crippen molar-refractivity contribution in [2.24, 2.45) is 0 Å². The molecule has 1 N–H and O–H groups in total. The molecule has 0 rings (SSSR count). The monoisotopic (exact) mass is 153 g/mol. The number of rotatable bonds is 7. The van der Waals surface area contributed by atoms with Gasteiger partial charge in [-0.15, -0.1) is 6.42 Å². The van der Waals surface area contributed by atoms with Crippen LogP contribution in [-0.4, -0.2) is 27.7 Å². The summed E-state index contributed by atoms with van der Waals surface area (Å²) in [5, 5.41) is 3.10. The minimum atomic E-state index is 0.450. The van der Waals surface area contributed by atoms with Crippen molar-refractivity contribution in [2.45, 2.75) is 19.3 Å². The zero-order chi connectivity index (χ0) is 8.36. The van der Waals surface area contributed by atoms with Crippen molar-refractivity contribution in [2.75, 3.05) is 19.8 Å². The lowest BCUT2D eigenvalue weighted by Crippen LogP contribution is -2.09. The molecule has 0 unspecified atom stereocenters. The smallest absolute Gasteiger partial charge is 0.181 e. The zero-order valence-electron chi connectivity index (χ0n) is 7.23. The molecule has 62 valence electrons. The molecule has 0 aromatic carbocycles. The first-order chi connectivity index (χ1) is 5.41. The zero-order valence-corrected chi connectivity index (χ0v) is 7.23. The summed E-state index contributed by atoms with van der Waals surface area (Å²) in [6.07, 6.45) is 8.55. The van der Waals surface area contributed by atoms with Crippen LogP contribution in [0.5, 0.6) is 0 Å². The third-order valence-electron chi connectivity index (χ3n) is 1.40. The van der Waals surface area contributed by atoms with Crippen molar-refractivity contribution in [1.82, 2.24) is 5.23 Å². The van der Waals surface area contributed by atoms with E-state index >= 15 is 0 Å². The fraction of sp³-hybridized carbons (Fsp3) is 0.750. The Labute approximate surface area is 70.1 Å². The Kier molecular flexibility index (Phi) is 9.15. The first-order valence-electron chi connectivity index (χ1n) is 4.07. The van der Waals surface area contributed by atoms with Crippen molar-refractivity contribution in [3.63, 3.8) is 0 Å². The van der Waals surface area contributed by atoms with Gasteiger partial charge in [0.1, 0.15) is 6.61 Å². The predicted octanol–water partition coefficient (Wildman–Crippen LogP) is -0.0558. The fourth-order valence-electron chi connectivity index (χ4n) is 0.814. The summed E-state index contributed by atoms with van der Waals surface area (Å²) in [5.74, 6) is 2.44. The van der Waals surface area contributed by atoms with E-state index in [1.54, 1.807) is 0 Å². The van der Waals surface area contributed by atoms with E-state index in [2.05, 4.69) is 11.1 Å². The van der Waals surface area contributed by atoms with Crippen LogP contribution in [0.2, 0.25) is 0 Å². The molecule has 2 nitrogen and oxygen atoms in total. The molecule has 0 aromatic rings. The summed E-state index contributed by atoms with van der Waals surface area (Å²) < 4.78 is 5.11. The Morgan fingerprint density at radius 1 is 1.36 bits per heavy atom. The van der Waals surface area contributed by atoms with Gasteiger partial charge in [0.25, 0.3) is 0 Å². The average molecular weight is 153 g/mol. The van der Waals surface area contributed by atoms with E-state index in [1.807, 2.05) is 7.98 Å². The van der Waals surface area contributed by atoms with Gasteiger partial charge in [-0.25, -0.2) is 0 Å². The van der Waals surface area contributed by atoms with Crippen molar-refractivity contribution >= 4 is 7.98 Å². The van der Waals surface area contributed by atoms with Gasteiger partial charge in [0.05, 0.1) is 0 Å². The normalized spacial score (nSPS) is 9.36. The molecule has 0 spiro atoms. The first kappa shape index (κ1) is 10.5. The quantitative estimate of drug-likeness (QED) is 0.314.